The fraction of sp³-hybridized carbons (Fsp3) is 0.571. The molecule has 0 fully saturated rings. The Bertz CT molecular complexity index is 218. The molecule has 1 aromatic carbocycles. The van der Waals surface area contributed by atoms with Crippen molar-refractivity contribution in [1.29, 1.82) is 0 Å². The Hall–Kier alpha value is 0.220. The Morgan fingerprint density at radius 2 is 1.40 bits per heavy atom. The van der Waals surface area contributed by atoms with Crippen molar-refractivity contribution in [1.82, 2.24) is 0 Å². The summed E-state index contributed by atoms with van der Waals surface area (Å²) >= 11 is 0. The summed E-state index contributed by atoms with van der Waals surface area (Å²) in [6.07, 6.45) is 9.60. The molecular formula is C14H22Na+. The molecule has 0 saturated carbocycles. The summed E-state index contributed by atoms with van der Waals surface area (Å²) in [5.74, 6) is 0. The second-order valence-electron chi connectivity index (χ2n) is 4.00. The van der Waals surface area contributed by atoms with E-state index in [2.05, 4.69) is 37.3 Å². The molecule has 0 aliphatic carbocycles. The summed E-state index contributed by atoms with van der Waals surface area (Å²) in [4.78, 5) is 0. The zero-order valence-corrected chi connectivity index (χ0v) is 12.3. The van der Waals surface area contributed by atoms with E-state index in [-0.39, 0.29) is 29.6 Å². The topological polar surface area (TPSA) is 0 Å². The largest absolute Gasteiger partial charge is 1.00 e. The van der Waals surface area contributed by atoms with Crippen molar-refractivity contribution in [2.45, 2.75) is 51.9 Å². The Morgan fingerprint density at radius 1 is 0.800 bits per heavy atom. The molecule has 1 heteroatoms. The first-order chi connectivity index (χ1) is 6.93. The smallest absolute Gasteiger partial charge is 0.0654 e. The van der Waals surface area contributed by atoms with Crippen LogP contribution in [0.1, 0.15) is 51.0 Å². The molecule has 0 aromatic heterocycles. The van der Waals surface area contributed by atoms with E-state index in [9.17, 15) is 0 Å². The first-order valence-electron chi connectivity index (χ1n) is 5.97. The first-order valence-corrected chi connectivity index (χ1v) is 5.97. The molecule has 0 aliphatic rings. The zero-order valence-electron chi connectivity index (χ0n) is 10.3. The van der Waals surface area contributed by atoms with Crippen LogP contribution < -0.4 is 29.6 Å². The van der Waals surface area contributed by atoms with Gasteiger partial charge in [0.25, 0.3) is 0 Å². The van der Waals surface area contributed by atoms with E-state index in [0.29, 0.717) is 0 Å². The predicted molar refractivity (Wildman–Crippen MR) is 63.5 cm³/mol. The molecule has 0 spiro atoms. The van der Waals surface area contributed by atoms with Gasteiger partial charge in [-0.3, -0.25) is 0 Å². The predicted octanol–water partition coefficient (Wildman–Crippen LogP) is 1.59. The van der Waals surface area contributed by atoms with Gasteiger partial charge in [0.05, 0.1) is 0 Å². The SMILES string of the molecule is CCCCCCCCc1ccccc1.[Na+]. The van der Waals surface area contributed by atoms with Gasteiger partial charge in [0, 0.05) is 0 Å². The summed E-state index contributed by atoms with van der Waals surface area (Å²) < 4.78 is 0. The van der Waals surface area contributed by atoms with Gasteiger partial charge in [-0.05, 0) is 18.4 Å². The Labute approximate surface area is 117 Å². The van der Waals surface area contributed by atoms with Crippen LogP contribution in [0.15, 0.2) is 30.3 Å². The van der Waals surface area contributed by atoms with Gasteiger partial charge >= 0.3 is 29.6 Å². The maximum atomic E-state index is 2.27. The third kappa shape index (κ3) is 8.07. The van der Waals surface area contributed by atoms with Crippen molar-refractivity contribution >= 4 is 0 Å². The number of benzene rings is 1. The van der Waals surface area contributed by atoms with Crippen molar-refractivity contribution in [3.8, 4) is 0 Å². The van der Waals surface area contributed by atoms with Crippen molar-refractivity contribution in [2.75, 3.05) is 0 Å². The van der Waals surface area contributed by atoms with Crippen molar-refractivity contribution in [3.63, 3.8) is 0 Å². The van der Waals surface area contributed by atoms with Crippen LogP contribution in [0.3, 0.4) is 0 Å². The molecule has 78 valence electrons. The van der Waals surface area contributed by atoms with E-state index in [1.165, 1.54) is 50.5 Å². The van der Waals surface area contributed by atoms with Crippen LogP contribution in [0, 0.1) is 0 Å². The van der Waals surface area contributed by atoms with Crippen LogP contribution in [-0.2, 0) is 6.42 Å². The minimum Gasteiger partial charge on any atom is -0.0654 e. The fourth-order valence-electron chi connectivity index (χ4n) is 1.75. The monoisotopic (exact) mass is 213 g/mol. The number of hydrogen-bond acceptors (Lipinski definition) is 0. The molecule has 15 heavy (non-hydrogen) atoms. The van der Waals surface area contributed by atoms with Crippen molar-refractivity contribution in [3.05, 3.63) is 35.9 Å². The number of aryl methyl sites for hydroxylation is 1. The van der Waals surface area contributed by atoms with Crippen molar-refractivity contribution < 1.29 is 29.6 Å². The summed E-state index contributed by atoms with van der Waals surface area (Å²) in [5.41, 5.74) is 1.49. The molecule has 0 atom stereocenters. The van der Waals surface area contributed by atoms with Crippen LogP contribution >= 0.6 is 0 Å². The van der Waals surface area contributed by atoms with E-state index in [1.807, 2.05) is 0 Å². The van der Waals surface area contributed by atoms with E-state index in [0.717, 1.165) is 0 Å². The molecule has 1 aromatic rings. The van der Waals surface area contributed by atoms with Gasteiger partial charge in [0.15, 0.2) is 0 Å². The van der Waals surface area contributed by atoms with Crippen LogP contribution in [0.25, 0.3) is 0 Å². The normalized spacial score (nSPS) is 9.67. The number of hydrogen-bond donors (Lipinski definition) is 0. The van der Waals surface area contributed by atoms with Crippen molar-refractivity contribution in [2.24, 2.45) is 0 Å². The molecule has 0 radical (unpaired) electrons. The van der Waals surface area contributed by atoms with Gasteiger partial charge < -0.3 is 0 Å². The summed E-state index contributed by atoms with van der Waals surface area (Å²) in [7, 11) is 0. The zero-order chi connectivity index (χ0) is 10.1. The third-order valence-electron chi connectivity index (χ3n) is 2.66. The molecule has 0 N–H and O–H groups in total. The quantitative estimate of drug-likeness (QED) is 0.477. The van der Waals surface area contributed by atoms with Crippen LogP contribution in [0.5, 0.6) is 0 Å². The average molecular weight is 213 g/mol. The molecule has 0 bridgehead atoms. The third-order valence-corrected chi connectivity index (χ3v) is 2.66. The maximum Gasteiger partial charge on any atom is 1.00 e. The van der Waals surface area contributed by atoms with Crippen LogP contribution in [-0.4, -0.2) is 0 Å². The summed E-state index contributed by atoms with van der Waals surface area (Å²) in [5, 5.41) is 0. The van der Waals surface area contributed by atoms with Crippen LogP contribution in [0.4, 0.5) is 0 Å². The number of rotatable bonds is 7. The van der Waals surface area contributed by atoms with Gasteiger partial charge in [0.1, 0.15) is 0 Å². The average Bonchev–Trinajstić information content (AvgIpc) is 2.25. The van der Waals surface area contributed by atoms with Gasteiger partial charge in [0.2, 0.25) is 0 Å². The maximum absolute atomic E-state index is 2.27. The molecular weight excluding hydrogens is 191 g/mol. The molecule has 0 unspecified atom stereocenters. The minimum absolute atomic E-state index is 0. The van der Waals surface area contributed by atoms with E-state index < -0.39 is 0 Å². The standard InChI is InChI=1S/C14H22.Na/c1-2-3-4-5-6-8-11-14-12-9-7-10-13-14;/h7,9-10,12-13H,2-6,8,11H2,1H3;/q;+1. The second kappa shape index (κ2) is 10.7. The molecule has 1 rings (SSSR count). The Morgan fingerprint density at radius 3 is 2.07 bits per heavy atom. The number of unbranched alkanes of at least 4 members (excludes halogenated alkanes) is 5. The van der Waals surface area contributed by atoms with E-state index in [4.69, 9.17) is 0 Å². The van der Waals surface area contributed by atoms with E-state index >= 15 is 0 Å². The second-order valence-corrected chi connectivity index (χ2v) is 4.00. The fourth-order valence-corrected chi connectivity index (χ4v) is 1.75. The molecule has 0 saturated heterocycles. The first kappa shape index (κ1) is 15.2. The van der Waals surface area contributed by atoms with Gasteiger partial charge in [-0.1, -0.05) is 69.4 Å². The molecule has 0 nitrogen and oxygen atoms in total. The van der Waals surface area contributed by atoms with Gasteiger partial charge in [-0.2, -0.15) is 0 Å². The molecule has 0 aliphatic heterocycles. The van der Waals surface area contributed by atoms with Gasteiger partial charge in [-0.15, -0.1) is 0 Å². The Balaban J connectivity index is 0.00000196. The van der Waals surface area contributed by atoms with E-state index in [1.54, 1.807) is 0 Å². The van der Waals surface area contributed by atoms with Crippen LogP contribution in [0.2, 0.25) is 0 Å². The minimum atomic E-state index is 0. The summed E-state index contributed by atoms with van der Waals surface area (Å²) in [6, 6.07) is 10.8. The summed E-state index contributed by atoms with van der Waals surface area (Å²) in [6.45, 7) is 2.27. The molecule has 0 amide bonds. The molecule has 0 heterocycles. The Kier molecular flexibility index (Phi) is 10.9. The van der Waals surface area contributed by atoms with Gasteiger partial charge in [-0.25, -0.2) is 0 Å².